The second-order valence-electron chi connectivity index (χ2n) is 4.32. The highest BCUT2D eigenvalue weighted by Crippen LogP contribution is 2.08. The van der Waals surface area contributed by atoms with E-state index in [2.05, 4.69) is 11.2 Å². The molecule has 0 saturated carbocycles. The number of carbonyl (C=O) groups is 1. The van der Waals surface area contributed by atoms with Gasteiger partial charge in [-0.3, -0.25) is 4.79 Å². The molecule has 86 valence electrons. The Morgan fingerprint density at radius 3 is 2.67 bits per heavy atom. The van der Waals surface area contributed by atoms with Gasteiger partial charge in [0.2, 0.25) is 5.91 Å². The van der Waals surface area contributed by atoms with E-state index >= 15 is 0 Å². The van der Waals surface area contributed by atoms with Gasteiger partial charge in [-0.15, -0.1) is 12.3 Å². The Morgan fingerprint density at radius 2 is 2.13 bits per heavy atom. The number of hydrogen-bond donors (Lipinski definition) is 2. The predicted molar refractivity (Wildman–Crippen MR) is 61.2 cm³/mol. The van der Waals surface area contributed by atoms with Gasteiger partial charge < -0.3 is 10.4 Å². The van der Waals surface area contributed by atoms with Crippen LogP contribution in [0.25, 0.3) is 0 Å². The Bertz CT molecular complexity index is 228. The Morgan fingerprint density at radius 1 is 1.47 bits per heavy atom. The summed E-state index contributed by atoms with van der Waals surface area (Å²) < 4.78 is 0. The van der Waals surface area contributed by atoms with E-state index in [4.69, 9.17) is 11.5 Å². The first kappa shape index (κ1) is 14.0. The molecule has 0 aliphatic rings. The number of carbonyl (C=O) groups excluding carboxylic acids is 1. The highest BCUT2D eigenvalue weighted by Gasteiger charge is 2.18. The Balaban J connectivity index is 3.69. The van der Waals surface area contributed by atoms with Gasteiger partial charge >= 0.3 is 0 Å². The zero-order valence-electron chi connectivity index (χ0n) is 9.68. The third-order valence-corrected chi connectivity index (χ3v) is 2.19. The highest BCUT2D eigenvalue weighted by atomic mass is 16.3. The lowest BCUT2D eigenvalue weighted by atomic mass is 10.0. The SMILES string of the molecule is C#CCCCCC(=O)NC(C)(C)CCO. The number of nitrogens with one attached hydrogen (secondary N) is 1. The first-order chi connectivity index (χ1) is 7.02. The molecule has 3 heteroatoms. The molecule has 1 amide bonds. The molecule has 0 aromatic heterocycles. The number of terminal acetylenes is 1. The van der Waals surface area contributed by atoms with Crippen molar-refractivity contribution in [2.75, 3.05) is 6.61 Å². The maximum atomic E-state index is 11.5. The molecule has 15 heavy (non-hydrogen) atoms. The predicted octanol–water partition coefficient (Wildman–Crippen LogP) is 1.46. The molecule has 0 saturated heterocycles. The van der Waals surface area contributed by atoms with Crippen molar-refractivity contribution in [3.8, 4) is 12.3 Å². The Hall–Kier alpha value is -1.01. The molecule has 0 fully saturated rings. The van der Waals surface area contributed by atoms with Gasteiger partial charge in [0, 0.05) is 25.0 Å². The van der Waals surface area contributed by atoms with Gasteiger partial charge in [-0.2, -0.15) is 0 Å². The van der Waals surface area contributed by atoms with Crippen LogP contribution in [-0.2, 0) is 4.79 Å². The third kappa shape index (κ3) is 8.02. The smallest absolute Gasteiger partial charge is 0.220 e. The number of amides is 1. The van der Waals surface area contributed by atoms with E-state index in [1.807, 2.05) is 13.8 Å². The second-order valence-corrected chi connectivity index (χ2v) is 4.32. The summed E-state index contributed by atoms with van der Waals surface area (Å²) in [5.74, 6) is 2.58. The molecule has 3 nitrogen and oxygen atoms in total. The molecule has 0 bridgehead atoms. The molecular formula is C12H21NO2. The number of aliphatic hydroxyl groups is 1. The van der Waals surface area contributed by atoms with Crippen molar-refractivity contribution >= 4 is 5.91 Å². The van der Waals surface area contributed by atoms with E-state index < -0.39 is 0 Å². The van der Waals surface area contributed by atoms with E-state index in [-0.39, 0.29) is 18.1 Å². The molecule has 0 aromatic rings. The van der Waals surface area contributed by atoms with Gasteiger partial charge in [-0.05, 0) is 33.1 Å². The Labute approximate surface area is 92.3 Å². The lowest BCUT2D eigenvalue weighted by Gasteiger charge is -2.25. The Kier molecular flexibility index (Phi) is 6.81. The number of unbranched alkanes of at least 4 members (excludes halogenated alkanes) is 2. The average molecular weight is 211 g/mol. The second kappa shape index (κ2) is 7.30. The number of rotatable bonds is 7. The summed E-state index contributed by atoms with van der Waals surface area (Å²) in [6.07, 6.45) is 8.64. The highest BCUT2D eigenvalue weighted by molar-refractivity contribution is 5.76. The van der Waals surface area contributed by atoms with Crippen LogP contribution < -0.4 is 5.32 Å². The average Bonchev–Trinajstić information content (AvgIpc) is 2.11. The van der Waals surface area contributed by atoms with Crippen LogP contribution >= 0.6 is 0 Å². The summed E-state index contributed by atoms with van der Waals surface area (Å²) in [7, 11) is 0. The maximum Gasteiger partial charge on any atom is 0.220 e. The summed E-state index contributed by atoms with van der Waals surface area (Å²) in [4.78, 5) is 11.5. The molecular weight excluding hydrogens is 190 g/mol. The molecule has 0 atom stereocenters. The van der Waals surface area contributed by atoms with Crippen molar-refractivity contribution in [1.82, 2.24) is 5.32 Å². The number of aliphatic hydroxyl groups excluding tert-OH is 1. The van der Waals surface area contributed by atoms with E-state index in [1.54, 1.807) is 0 Å². The molecule has 0 rings (SSSR count). The van der Waals surface area contributed by atoms with Crippen molar-refractivity contribution in [2.24, 2.45) is 0 Å². The van der Waals surface area contributed by atoms with Gasteiger partial charge in [-0.25, -0.2) is 0 Å². The van der Waals surface area contributed by atoms with Crippen LogP contribution in [0.4, 0.5) is 0 Å². The van der Waals surface area contributed by atoms with Crippen LogP contribution in [0.5, 0.6) is 0 Å². The minimum Gasteiger partial charge on any atom is -0.396 e. The van der Waals surface area contributed by atoms with Crippen molar-refractivity contribution in [3.63, 3.8) is 0 Å². The fourth-order valence-corrected chi connectivity index (χ4v) is 1.29. The van der Waals surface area contributed by atoms with Gasteiger partial charge in [-0.1, -0.05) is 0 Å². The standard InChI is InChI=1S/C12H21NO2/c1-4-5-6-7-8-11(15)13-12(2,3)9-10-14/h1,14H,5-10H2,2-3H3,(H,13,15). The fraction of sp³-hybridized carbons (Fsp3) is 0.750. The summed E-state index contributed by atoms with van der Waals surface area (Å²) >= 11 is 0. The fourth-order valence-electron chi connectivity index (χ4n) is 1.29. The molecule has 0 spiro atoms. The minimum atomic E-state index is -0.321. The summed E-state index contributed by atoms with van der Waals surface area (Å²) in [5.41, 5.74) is -0.321. The molecule has 0 radical (unpaired) electrons. The summed E-state index contributed by atoms with van der Waals surface area (Å²) in [6.45, 7) is 3.90. The summed E-state index contributed by atoms with van der Waals surface area (Å²) in [6, 6.07) is 0. The van der Waals surface area contributed by atoms with Gasteiger partial charge in [0.15, 0.2) is 0 Å². The van der Waals surface area contributed by atoms with Crippen LogP contribution in [0.3, 0.4) is 0 Å². The van der Waals surface area contributed by atoms with Crippen LogP contribution in [0, 0.1) is 12.3 Å². The first-order valence-corrected chi connectivity index (χ1v) is 5.37. The quantitative estimate of drug-likeness (QED) is 0.495. The molecule has 2 N–H and O–H groups in total. The monoisotopic (exact) mass is 211 g/mol. The summed E-state index contributed by atoms with van der Waals surface area (Å²) in [5, 5.41) is 11.7. The van der Waals surface area contributed by atoms with Crippen molar-refractivity contribution in [3.05, 3.63) is 0 Å². The van der Waals surface area contributed by atoms with Gasteiger partial charge in [0.25, 0.3) is 0 Å². The van der Waals surface area contributed by atoms with Gasteiger partial charge in [0.1, 0.15) is 0 Å². The normalized spacial score (nSPS) is 10.8. The molecule has 0 unspecified atom stereocenters. The number of hydrogen-bond acceptors (Lipinski definition) is 2. The van der Waals surface area contributed by atoms with E-state index in [1.165, 1.54) is 0 Å². The van der Waals surface area contributed by atoms with E-state index in [9.17, 15) is 4.79 Å². The van der Waals surface area contributed by atoms with E-state index in [0.29, 0.717) is 12.8 Å². The lowest BCUT2D eigenvalue weighted by Crippen LogP contribution is -2.43. The lowest BCUT2D eigenvalue weighted by molar-refractivity contribution is -0.122. The molecule has 0 aliphatic heterocycles. The minimum absolute atomic E-state index is 0.0328. The largest absolute Gasteiger partial charge is 0.396 e. The zero-order valence-corrected chi connectivity index (χ0v) is 9.68. The van der Waals surface area contributed by atoms with Crippen molar-refractivity contribution in [2.45, 2.75) is 51.5 Å². The van der Waals surface area contributed by atoms with Crippen LogP contribution in [0.2, 0.25) is 0 Å². The van der Waals surface area contributed by atoms with E-state index in [0.717, 1.165) is 19.3 Å². The molecule has 0 aliphatic carbocycles. The molecule has 0 heterocycles. The van der Waals surface area contributed by atoms with Crippen molar-refractivity contribution in [1.29, 1.82) is 0 Å². The topological polar surface area (TPSA) is 49.3 Å². The maximum absolute atomic E-state index is 11.5. The van der Waals surface area contributed by atoms with Crippen LogP contribution in [-0.4, -0.2) is 23.2 Å². The molecule has 0 aromatic carbocycles. The zero-order chi connectivity index (χ0) is 11.7. The first-order valence-electron chi connectivity index (χ1n) is 5.37. The van der Waals surface area contributed by atoms with Crippen molar-refractivity contribution < 1.29 is 9.90 Å². The van der Waals surface area contributed by atoms with Crippen LogP contribution in [0.15, 0.2) is 0 Å². The van der Waals surface area contributed by atoms with Gasteiger partial charge in [0.05, 0.1) is 0 Å². The third-order valence-electron chi connectivity index (χ3n) is 2.19. The van der Waals surface area contributed by atoms with Crippen LogP contribution in [0.1, 0.15) is 46.0 Å².